The van der Waals surface area contributed by atoms with Crippen molar-refractivity contribution in [1.29, 1.82) is 0 Å². The largest absolute Gasteiger partial charge is 0.481 e. The molecule has 1 aliphatic carbocycles. The van der Waals surface area contributed by atoms with Gasteiger partial charge in [-0.15, -0.1) is 0 Å². The third-order valence-electron chi connectivity index (χ3n) is 3.85. The molecule has 1 heterocycles. The highest BCUT2D eigenvalue weighted by molar-refractivity contribution is 7.08. The van der Waals surface area contributed by atoms with Crippen molar-refractivity contribution in [3.8, 4) is 0 Å². The molecule has 1 amide bonds. The average Bonchev–Trinajstić information content (AvgIpc) is 2.83. The summed E-state index contributed by atoms with van der Waals surface area (Å²) in [6, 6.07) is 0. The zero-order valence-corrected chi connectivity index (χ0v) is 11.8. The van der Waals surface area contributed by atoms with Gasteiger partial charge in [-0.2, -0.15) is 11.3 Å². The van der Waals surface area contributed by atoms with Crippen molar-refractivity contribution in [2.24, 2.45) is 11.8 Å². The number of hydrogen-bond donors (Lipinski definition) is 2. The molecule has 0 bridgehead atoms. The van der Waals surface area contributed by atoms with Gasteiger partial charge < -0.3 is 10.4 Å². The van der Waals surface area contributed by atoms with Crippen LogP contribution in [0, 0.1) is 18.8 Å². The van der Waals surface area contributed by atoms with Crippen LogP contribution in [0.25, 0.3) is 0 Å². The monoisotopic (exact) mass is 281 g/mol. The fourth-order valence-corrected chi connectivity index (χ4v) is 3.37. The van der Waals surface area contributed by atoms with E-state index >= 15 is 0 Å². The van der Waals surface area contributed by atoms with Gasteiger partial charge in [0.05, 0.1) is 11.5 Å². The number of carbonyl (C=O) groups is 2. The van der Waals surface area contributed by atoms with Gasteiger partial charge in [0.25, 0.3) is 5.91 Å². The molecule has 5 heteroatoms. The van der Waals surface area contributed by atoms with E-state index in [9.17, 15) is 9.59 Å². The molecule has 0 atom stereocenters. The molecule has 0 spiro atoms. The van der Waals surface area contributed by atoms with Gasteiger partial charge in [0.15, 0.2) is 0 Å². The lowest BCUT2D eigenvalue weighted by Crippen LogP contribution is -2.32. The lowest BCUT2D eigenvalue weighted by Gasteiger charge is -2.26. The van der Waals surface area contributed by atoms with Crippen molar-refractivity contribution >= 4 is 23.2 Å². The van der Waals surface area contributed by atoms with Crippen LogP contribution in [-0.4, -0.2) is 23.5 Å². The number of carboxylic acids is 1. The number of rotatable bonds is 4. The molecule has 19 heavy (non-hydrogen) atoms. The molecule has 4 nitrogen and oxygen atoms in total. The molecule has 0 aliphatic heterocycles. The first-order valence-corrected chi connectivity index (χ1v) is 7.56. The molecule has 1 aromatic rings. The number of thiophene rings is 1. The van der Waals surface area contributed by atoms with Gasteiger partial charge in [-0.1, -0.05) is 0 Å². The van der Waals surface area contributed by atoms with Crippen molar-refractivity contribution in [3.63, 3.8) is 0 Å². The van der Waals surface area contributed by atoms with Crippen LogP contribution in [0.3, 0.4) is 0 Å². The van der Waals surface area contributed by atoms with Gasteiger partial charge in [0.2, 0.25) is 0 Å². The Bertz CT molecular complexity index is 461. The minimum atomic E-state index is -0.684. The molecule has 0 aromatic carbocycles. The first kappa shape index (κ1) is 14.1. The van der Waals surface area contributed by atoms with Gasteiger partial charge in [0.1, 0.15) is 0 Å². The van der Waals surface area contributed by atoms with Gasteiger partial charge in [-0.05, 0) is 49.5 Å². The van der Waals surface area contributed by atoms with E-state index in [-0.39, 0.29) is 11.8 Å². The topological polar surface area (TPSA) is 66.4 Å². The smallest absolute Gasteiger partial charge is 0.306 e. The molecule has 0 unspecified atom stereocenters. The molecule has 1 saturated carbocycles. The number of hydrogen-bond acceptors (Lipinski definition) is 3. The highest BCUT2D eigenvalue weighted by Crippen LogP contribution is 2.28. The van der Waals surface area contributed by atoms with E-state index in [1.54, 1.807) is 0 Å². The van der Waals surface area contributed by atoms with Crippen LogP contribution in [0.5, 0.6) is 0 Å². The Morgan fingerprint density at radius 2 is 2.00 bits per heavy atom. The summed E-state index contributed by atoms with van der Waals surface area (Å²) in [5.74, 6) is -0.472. The molecule has 2 N–H and O–H groups in total. The number of aryl methyl sites for hydroxylation is 1. The van der Waals surface area contributed by atoms with Crippen LogP contribution in [0.4, 0.5) is 0 Å². The molecule has 2 rings (SSSR count). The first-order valence-electron chi connectivity index (χ1n) is 6.61. The van der Waals surface area contributed by atoms with E-state index in [1.807, 2.05) is 17.7 Å². The van der Waals surface area contributed by atoms with Crippen LogP contribution >= 0.6 is 11.3 Å². The van der Waals surface area contributed by atoms with E-state index in [1.165, 1.54) is 11.3 Å². The van der Waals surface area contributed by atoms with Crippen LogP contribution < -0.4 is 5.32 Å². The minimum Gasteiger partial charge on any atom is -0.481 e. The summed E-state index contributed by atoms with van der Waals surface area (Å²) >= 11 is 1.53. The maximum Gasteiger partial charge on any atom is 0.306 e. The summed E-state index contributed by atoms with van der Waals surface area (Å²) in [5, 5.41) is 15.7. The number of carboxylic acid groups (broad SMARTS) is 1. The predicted molar refractivity (Wildman–Crippen MR) is 74.5 cm³/mol. The maximum absolute atomic E-state index is 11.9. The second kappa shape index (κ2) is 6.19. The van der Waals surface area contributed by atoms with Gasteiger partial charge in [-0.3, -0.25) is 9.59 Å². The van der Waals surface area contributed by atoms with Crippen LogP contribution in [-0.2, 0) is 4.79 Å². The summed E-state index contributed by atoms with van der Waals surface area (Å²) in [6.45, 7) is 2.59. The Morgan fingerprint density at radius 3 is 2.53 bits per heavy atom. The van der Waals surface area contributed by atoms with Gasteiger partial charge in [0, 0.05) is 11.9 Å². The van der Waals surface area contributed by atoms with Crippen LogP contribution in [0.2, 0.25) is 0 Å². The highest BCUT2D eigenvalue weighted by atomic mass is 32.1. The fraction of sp³-hybridized carbons (Fsp3) is 0.571. The summed E-state index contributed by atoms with van der Waals surface area (Å²) in [7, 11) is 0. The number of aliphatic carboxylic acids is 1. The van der Waals surface area contributed by atoms with E-state index < -0.39 is 5.97 Å². The molecule has 0 saturated heterocycles. The van der Waals surface area contributed by atoms with Crippen LogP contribution in [0.15, 0.2) is 10.8 Å². The van der Waals surface area contributed by atoms with Crippen molar-refractivity contribution < 1.29 is 14.7 Å². The van der Waals surface area contributed by atoms with E-state index in [0.29, 0.717) is 12.5 Å². The second-order valence-corrected chi connectivity index (χ2v) is 5.98. The second-order valence-electron chi connectivity index (χ2n) is 5.23. The Balaban J connectivity index is 1.77. The zero-order chi connectivity index (χ0) is 13.8. The normalized spacial score (nSPS) is 23.0. The third kappa shape index (κ3) is 3.56. The summed E-state index contributed by atoms with van der Waals surface area (Å²) in [5.41, 5.74) is 1.77. The van der Waals surface area contributed by atoms with E-state index in [2.05, 4.69) is 5.32 Å². The van der Waals surface area contributed by atoms with Crippen molar-refractivity contribution in [2.45, 2.75) is 32.6 Å². The highest BCUT2D eigenvalue weighted by Gasteiger charge is 2.26. The molecular weight excluding hydrogens is 262 g/mol. The molecule has 1 fully saturated rings. The Labute approximate surface area is 116 Å². The zero-order valence-electron chi connectivity index (χ0n) is 11.0. The lowest BCUT2D eigenvalue weighted by molar-refractivity contribution is -0.143. The van der Waals surface area contributed by atoms with Crippen molar-refractivity contribution in [1.82, 2.24) is 5.32 Å². The van der Waals surface area contributed by atoms with E-state index in [0.717, 1.165) is 36.8 Å². The van der Waals surface area contributed by atoms with Crippen molar-refractivity contribution in [2.75, 3.05) is 6.54 Å². The summed E-state index contributed by atoms with van der Waals surface area (Å²) in [4.78, 5) is 22.8. The SMILES string of the molecule is Cc1cscc1C(=O)NCC1CCC(C(=O)O)CC1. The van der Waals surface area contributed by atoms with Crippen LogP contribution in [0.1, 0.15) is 41.6 Å². The summed E-state index contributed by atoms with van der Waals surface area (Å²) in [6.07, 6.45) is 3.24. The van der Waals surface area contributed by atoms with Gasteiger partial charge >= 0.3 is 5.97 Å². The number of amides is 1. The molecule has 0 radical (unpaired) electrons. The van der Waals surface area contributed by atoms with Crippen molar-refractivity contribution in [3.05, 3.63) is 21.9 Å². The Morgan fingerprint density at radius 1 is 1.32 bits per heavy atom. The Kier molecular flexibility index (Phi) is 4.58. The minimum absolute atomic E-state index is 0.0147. The maximum atomic E-state index is 11.9. The fourth-order valence-electron chi connectivity index (χ4n) is 2.54. The third-order valence-corrected chi connectivity index (χ3v) is 4.71. The Hall–Kier alpha value is -1.36. The standard InChI is InChI=1S/C14H19NO3S/c1-9-7-19-8-12(9)13(16)15-6-10-2-4-11(5-3-10)14(17)18/h7-8,10-11H,2-6H2,1H3,(H,15,16)(H,17,18). The molecule has 1 aromatic heterocycles. The van der Waals surface area contributed by atoms with E-state index in [4.69, 9.17) is 5.11 Å². The summed E-state index contributed by atoms with van der Waals surface area (Å²) < 4.78 is 0. The van der Waals surface area contributed by atoms with Gasteiger partial charge in [-0.25, -0.2) is 0 Å². The molecular formula is C14H19NO3S. The quantitative estimate of drug-likeness (QED) is 0.891. The molecule has 1 aliphatic rings. The number of carbonyl (C=O) groups excluding carboxylic acids is 1. The average molecular weight is 281 g/mol. The molecule has 104 valence electrons. The lowest BCUT2D eigenvalue weighted by atomic mass is 9.82. The predicted octanol–water partition coefficient (Wildman–Crippen LogP) is 2.68. The number of nitrogens with one attached hydrogen (secondary N) is 1. The first-order chi connectivity index (χ1) is 9.08.